The number of hydrogen-bond acceptors (Lipinski definition) is 3. The maximum Gasteiger partial charge on any atom is 0.311 e. The van der Waals surface area contributed by atoms with Crippen molar-refractivity contribution in [3.8, 4) is 0 Å². The molecule has 6 heteroatoms. The van der Waals surface area contributed by atoms with Gasteiger partial charge in [0.2, 0.25) is 0 Å². The van der Waals surface area contributed by atoms with Crippen molar-refractivity contribution in [2.24, 2.45) is 5.41 Å². The fourth-order valence-corrected chi connectivity index (χ4v) is 2.92. The molecule has 0 aliphatic heterocycles. The molecule has 1 aromatic rings. The van der Waals surface area contributed by atoms with Crippen LogP contribution in [-0.2, 0) is 11.2 Å². The van der Waals surface area contributed by atoms with E-state index in [0.29, 0.717) is 41.8 Å². The maximum atomic E-state index is 12.5. The molecule has 1 rings (SSSR count). The Hall–Kier alpha value is -2.11. The van der Waals surface area contributed by atoms with Gasteiger partial charge in [-0.3, -0.25) is 14.4 Å². The van der Waals surface area contributed by atoms with E-state index in [1.54, 1.807) is 20.8 Å². The molecule has 128 valence electrons. The average Bonchev–Trinajstić information content (AvgIpc) is 2.84. The predicted octanol–water partition coefficient (Wildman–Crippen LogP) is 2.71. The SMILES string of the molecule is CCc1c(C(=O)NCC(CC)(CC)C(=O)O)[nH]c(C)c1C(C)=O. The van der Waals surface area contributed by atoms with Gasteiger partial charge in [0.1, 0.15) is 5.69 Å². The van der Waals surface area contributed by atoms with Crippen molar-refractivity contribution in [1.82, 2.24) is 10.3 Å². The first-order valence-electron chi connectivity index (χ1n) is 7.98. The third kappa shape index (κ3) is 3.63. The second-order valence-electron chi connectivity index (χ2n) is 5.86. The van der Waals surface area contributed by atoms with Gasteiger partial charge in [0.15, 0.2) is 5.78 Å². The van der Waals surface area contributed by atoms with Crippen molar-refractivity contribution in [3.63, 3.8) is 0 Å². The highest BCUT2D eigenvalue weighted by Crippen LogP contribution is 2.26. The number of aryl methyl sites for hydroxylation is 1. The minimum atomic E-state index is -0.965. The lowest BCUT2D eigenvalue weighted by molar-refractivity contribution is -0.149. The molecule has 6 nitrogen and oxygen atoms in total. The van der Waals surface area contributed by atoms with E-state index in [2.05, 4.69) is 10.3 Å². The number of carboxylic acids is 1. The van der Waals surface area contributed by atoms with Crippen LogP contribution in [0.5, 0.6) is 0 Å². The summed E-state index contributed by atoms with van der Waals surface area (Å²) in [5.41, 5.74) is 1.28. The van der Waals surface area contributed by atoms with Crippen LogP contribution in [0.2, 0.25) is 0 Å². The summed E-state index contributed by atoms with van der Waals surface area (Å²) in [4.78, 5) is 38.7. The topological polar surface area (TPSA) is 99.3 Å². The summed E-state index contributed by atoms with van der Waals surface area (Å²) < 4.78 is 0. The number of hydrogen-bond donors (Lipinski definition) is 3. The van der Waals surface area contributed by atoms with E-state index in [9.17, 15) is 19.5 Å². The standard InChI is InChI=1S/C17H26N2O4/c1-6-12-13(11(5)20)10(4)19-14(12)15(21)18-9-17(7-2,8-3)16(22)23/h19H,6-9H2,1-5H3,(H,18,21)(H,22,23). The van der Waals surface area contributed by atoms with Crippen LogP contribution < -0.4 is 5.32 Å². The Labute approximate surface area is 136 Å². The molecule has 1 heterocycles. The molecule has 0 unspecified atom stereocenters. The zero-order valence-electron chi connectivity index (χ0n) is 14.5. The van der Waals surface area contributed by atoms with Crippen LogP contribution >= 0.6 is 0 Å². The Balaban J connectivity index is 3.06. The lowest BCUT2D eigenvalue weighted by atomic mass is 9.82. The van der Waals surface area contributed by atoms with Crippen molar-refractivity contribution in [3.05, 3.63) is 22.5 Å². The quantitative estimate of drug-likeness (QED) is 0.641. The Morgan fingerprint density at radius 3 is 2.13 bits per heavy atom. The molecule has 3 N–H and O–H groups in total. The summed E-state index contributed by atoms with van der Waals surface area (Å²) in [7, 11) is 0. The molecule has 0 aliphatic carbocycles. The van der Waals surface area contributed by atoms with Crippen molar-refractivity contribution in [2.45, 2.75) is 53.9 Å². The van der Waals surface area contributed by atoms with Crippen LogP contribution in [0.1, 0.15) is 72.6 Å². The van der Waals surface area contributed by atoms with Gasteiger partial charge in [-0.2, -0.15) is 0 Å². The summed E-state index contributed by atoms with van der Waals surface area (Å²) in [6.07, 6.45) is 1.41. The van der Waals surface area contributed by atoms with E-state index < -0.39 is 11.4 Å². The summed E-state index contributed by atoms with van der Waals surface area (Å²) in [6.45, 7) is 8.77. The van der Waals surface area contributed by atoms with Crippen molar-refractivity contribution in [1.29, 1.82) is 0 Å². The molecule has 23 heavy (non-hydrogen) atoms. The molecule has 0 radical (unpaired) electrons. The molecule has 0 saturated heterocycles. The summed E-state index contributed by atoms with van der Waals surface area (Å²) in [6, 6.07) is 0. The Morgan fingerprint density at radius 1 is 1.17 bits per heavy atom. The molecular formula is C17H26N2O4. The van der Waals surface area contributed by atoms with Crippen LogP contribution in [0.3, 0.4) is 0 Å². The number of aromatic nitrogens is 1. The zero-order valence-corrected chi connectivity index (χ0v) is 14.5. The number of carboxylic acid groups (broad SMARTS) is 1. The smallest absolute Gasteiger partial charge is 0.311 e. The molecule has 1 amide bonds. The number of aliphatic carboxylic acids is 1. The number of carbonyl (C=O) groups excluding carboxylic acids is 2. The van der Waals surface area contributed by atoms with Crippen LogP contribution in [0.4, 0.5) is 0 Å². The fourth-order valence-electron chi connectivity index (χ4n) is 2.92. The number of ketones is 1. The van der Waals surface area contributed by atoms with Crippen LogP contribution in [-0.4, -0.2) is 34.3 Å². The lowest BCUT2D eigenvalue weighted by Crippen LogP contribution is -2.42. The number of aromatic amines is 1. The third-order valence-corrected chi connectivity index (χ3v) is 4.62. The summed E-state index contributed by atoms with van der Waals surface area (Å²) >= 11 is 0. The largest absolute Gasteiger partial charge is 0.481 e. The van der Waals surface area contributed by atoms with Crippen LogP contribution in [0.25, 0.3) is 0 Å². The Morgan fingerprint density at radius 2 is 1.74 bits per heavy atom. The summed E-state index contributed by atoms with van der Waals surface area (Å²) in [5.74, 6) is -1.37. The predicted molar refractivity (Wildman–Crippen MR) is 87.9 cm³/mol. The zero-order chi connectivity index (χ0) is 17.8. The Bertz CT molecular complexity index is 612. The van der Waals surface area contributed by atoms with E-state index in [4.69, 9.17) is 0 Å². The number of H-pyrrole nitrogens is 1. The van der Waals surface area contributed by atoms with Gasteiger partial charge in [-0.25, -0.2) is 0 Å². The Kier molecular flexibility index (Phi) is 6.12. The highest BCUT2D eigenvalue weighted by molar-refractivity contribution is 6.02. The highest BCUT2D eigenvalue weighted by Gasteiger charge is 2.35. The van der Waals surface area contributed by atoms with Crippen LogP contribution in [0, 0.1) is 12.3 Å². The molecule has 0 aromatic carbocycles. The minimum Gasteiger partial charge on any atom is -0.481 e. The minimum absolute atomic E-state index is 0.0603. The van der Waals surface area contributed by atoms with Gasteiger partial charge < -0.3 is 15.4 Å². The van der Waals surface area contributed by atoms with E-state index in [-0.39, 0.29) is 18.2 Å². The van der Waals surface area contributed by atoms with Crippen molar-refractivity contribution >= 4 is 17.7 Å². The molecule has 0 aliphatic rings. The number of Topliss-reactive ketones (excluding diaryl/α,β-unsaturated/α-hetero) is 1. The molecule has 0 spiro atoms. The van der Waals surface area contributed by atoms with Crippen molar-refractivity contribution < 1.29 is 19.5 Å². The van der Waals surface area contributed by atoms with Gasteiger partial charge in [-0.1, -0.05) is 20.8 Å². The van der Waals surface area contributed by atoms with Gasteiger partial charge >= 0.3 is 5.97 Å². The number of rotatable bonds is 8. The first kappa shape index (κ1) is 18.9. The van der Waals surface area contributed by atoms with E-state index >= 15 is 0 Å². The fraction of sp³-hybridized carbons (Fsp3) is 0.588. The molecule has 0 saturated carbocycles. The molecule has 0 atom stereocenters. The van der Waals surface area contributed by atoms with Crippen LogP contribution in [0.15, 0.2) is 0 Å². The third-order valence-electron chi connectivity index (χ3n) is 4.62. The molecule has 0 fully saturated rings. The van der Waals surface area contributed by atoms with Gasteiger partial charge in [0.25, 0.3) is 5.91 Å². The second kappa shape index (κ2) is 7.44. The first-order chi connectivity index (χ1) is 10.7. The van der Waals surface area contributed by atoms with E-state index in [1.807, 2.05) is 6.92 Å². The van der Waals surface area contributed by atoms with Gasteiger partial charge in [0.05, 0.1) is 5.41 Å². The summed E-state index contributed by atoms with van der Waals surface area (Å²) in [5, 5.41) is 12.1. The highest BCUT2D eigenvalue weighted by atomic mass is 16.4. The lowest BCUT2D eigenvalue weighted by Gasteiger charge is -2.26. The van der Waals surface area contributed by atoms with Crippen molar-refractivity contribution in [2.75, 3.05) is 6.54 Å². The van der Waals surface area contributed by atoms with Gasteiger partial charge in [-0.15, -0.1) is 0 Å². The number of amides is 1. The monoisotopic (exact) mass is 322 g/mol. The molecule has 0 bridgehead atoms. The number of carbonyl (C=O) groups is 3. The van der Waals surface area contributed by atoms with Gasteiger partial charge in [0, 0.05) is 17.8 Å². The molecular weight excluding hydrogens is 296 g/mol. The maximum absolute atomic E-state index is 12.5. The average molecular weight is 322 g/mol. The second-order valence-corrected chi connectivity index (χ2v) is 5.86. The first-order valence-corrected chi connectivity index (χ1v) is 7.98. The van der Waals surface area contributed by atoms with E-state index in [1.165, 1.54) is 6.92 Å². The number of nitrogens with one attached hydrogen (secondary N) is 2. The van der Waals surface area contributed by atoms with E-state index in [0.717, 1.165) is 0 Å². The van der Waals surface area contributed by atoms with Gasteiger partial charge in [-0.05, 0) is 38.7 Å². The molecule has 1 aromatic heterocycles. The normalized spacial score (nSPS) is 11.3.